The van der Waals surface area contributed by atoms with Crippen molar-refractivity contribution in [1.29, 1.82) is 0 Å². The number of benzene rings is 3. The molecule has 0 aliphatic carbocycles. The molecule has 1 aliphatic heterocycles. The number of aliphatic hydroxyl groups excluding tert-OH is 1. The van der Waals surface area contributed by atoms with Gasteiger partial charge in [0.15, 0.2) is 0 Å². The lowest BCUT2D eigenvalue weighted by molar-refractivity contribution is -0.132. The molecule has 1 saturated heterocycles. The number of amides is 1. The summed E-state index contributed by atoms with van der Waals surface area (Å²) in [6.45, 7) is 6.24. The van der Waals surface area contributed by atoms with Crippen LogP contribution in [-0.4, -0.2) is 23.4 Å². The zero-order valence-corrected chi connectivity index (χ0v) is 18.3. The molecule has 162 valence electrons. The standard InChI is InChI=1S/C27H25NO4/c1-4-32-22-14-13-20(16-18(22)3)25(29)23-24(19-10-6-5-7-11-19)28(27(31)26(23)30)21-12-8-9-17(2)15-21/h5-16,24,29H,4H2,1-3H3/b25-23-. The Morgan fingerprint density at radius 2 is 1.72 bits per heavy atom. The summed E-state index contributed by atoms with van der Waals surface area (Å²) in [5.41, 5.74) is 3.71. The topological polar surface area (TPSA) is 66.8 Å². The zero-order chi connectivity index (χ0) is 22.8. The van der Waals surface area contributed by atoms with Crippen LogP contribution in [0.25, 0.3) is 5.76 Å². The fraction of sp³-hybridized carbons (Fsp3) is 0.185. The largest absolute Gasteiger partial charge is 0.507 e. The first kappa shape index (κ1) is 21.4. The van der Waals surface area contributed by atoms with E-state index in [9.17, 15) is 14.7 Å². The van der Waals surface area contributed by atoms with Crippen LogP contribution >= 0.6 is 0 Å². The second-order valence-corrected chi connectivity index (χ2v) is 7.83. The maximum atomic E-state index is 13.2. The highest BCUT2D eigenvalue weighted by atomic mass is 16.5. The number of aryl methyl sites for hydroxylation is 2. The summed E-state index contributed by atoms with van der Waals surface area (Å²) in [6, 6.07) is 21.2. The SMILES string of the molecule is CCOc1ccc(/C(O)=C2/C(=O)C(=O)N(c3cccc(C)c3)C2c2ccccc2)cc1C. The molecular formula is C27H25NO4. The number of ether oxygens (including phenoxy) is 1. The monoisotopic (exact) mass is 427 g/mol. The van der Waals surface area contributed by atoms with E-state index in [1.165, 1.54) is 4.90 Å². The van der Waals surface area contributed by atoms with Crippen molar-refractivity contribution in [2.45, 2.75) is 26.8 Å². The molecule has 3 aromatic rings. The van der Waals surface area contributed by atoms with Crippen molar-refractivity contribution in [2.24, 2.45) is 0 Å². The van der Waals surface area contributed by atoms with Crippen molar-refractivity contribution < 1.29 is 19.4 Å². The van der Waals surface area contributed by atoms with E-state index in [4.69, 9.17) is 4.74 Å². The first-order chi connectivity index (χ1) is 15.4. The third-order valence-electron chi connectivity index (χ3n) is 5.59. The van der Waals surface area contributed by atoms with Gasteiger partial charge in [0.2, 0.25) is 0 Å². The highest BCUT2D eigenvalue weighted by Crippen LogP contribution is 2.42. The van der Waals surface area contributed by atoms with Gasteiger partial charge in [0.25, 0.3) is 11.7 Å². The van der Waals surface area contributed by atoms with E-state index in [-0.39, 0.29) is 11.3 Å². The molecule has 3 aromatic carbocycles. The molecule has 5 heteroatoms. The van der Waals surface area contributed by atoms with E-state index < -0.39 is 17.7 Å². The number of nitrogens with zero attached hydrogens (tertiary/aromatic N) is 1. The minimum absolute atomic E-state index is 0.0752. The molecule has 0 spiro atoms. The van der Waals surface area contributed by atoms with E-state index in [1.54, 1.807) is 24.3 Å². The molecule has 0 aromatic heterocycles. The molecule has 1 N–H and O–H groups in total. The number of hydrogen-bond donors (Lipinski definition) is 1. The van der Waals surface area contributed by atoms with Crippen molar-refractivity contribution in [2.75, 3.05) is 11.5 Å². The normalized spacial score (nSPS) is 17.6. The van der Waals surface area contributed by atoms with Crippen LogP contribution in [0.5, 0.6) is 5.75 Å². The molecule has 5 nitrogen and oxygen atoms in total. The first-order valence-corrected chi connectivity index (χ1v) is 10.6. The molecule has 0 bridgehead atoms. The summed E-state index contributed by atoms with van der Waals surface area (Å²) < 4.78 is 5.58. The summed E-state index contributed by atoms with van der Waals surface area (Å²) in [5.74, 6) is -0.847. The fourth-order valence-electron chi connectivity index (χ4n) is 4.10. The predicted molar refractivity (Wildman–Crippen MR) is 125 cm³/mol. The van der Waals surface area contributed by atoms with E-state index >= 15 is 0 Å². The van der Waals surface area contributed by atoms with Crippen LogP contribution in [0.2, 0.25) is 0 Å². The number of rotatable bonds is 5. The lowest BCUT2D eigenvalue weighted by Crippen LogP contribution is -2.29. The Balaban J connectivity index is 1.90. The average Bonchev–Trinajstić information content (AvgIpc) is 3.06. The zero-order valence-electron chi connectivity index (χ0n) is 18.3. The summed E-state index contributed by atoms with van der Waals surface area (Å²) in [7, 11) is 0. The lowest BCUT2D eigenvalue weighted by Gasteiger charge is -2.25. The minimum atomic E-state index is -0.732. The number of anilines is 1. The molecule has 1 amide bonds. The van der Waals surface area contributed by atoms with E-state index in [0.29, 0.717) is 23.6 Å². The molecule has 1 unspecified atom stereocenters. The molecule has 0 radical (unpaired) electrons. The van der Waals surface area contributed by atoms with E-state index in [2.05, 4.69) is 0 Å². The van der Waals surface area contributed by atoms with Crippen molar-refractivity contribution >= 4 is 23.1 Å². The van der Waals surface area contributed by atoms with E-state index in [1.807, 2.05) is 69.3 Å². The Morgan fingerprint density at radius 1 is 0.969 bits per heavy atom. The maximum absolute atomic E-state index is 13.2. The smallest absolute Gasteiger partial charge is 0.300 e. The molecule has 32 heavy (non-hydrogen) atoms. The third-order valence-corrected chi connectivity index (χ3v) is 5.59. The van der Waals surface area contributed by atoms with Crippen LogP contribution in [0.1, 0.15) is 35.2 Å². The van der Waals surface area contributed by atoms with Crippen molar-refractivity contribution in [1.82, 2.24) is 0 Å². The minimum Gasteiger partial charge on any atom is -0.507 e. The van der Waals surface area contributed by atoms with Crippen LogP contribution < -0.4 is 9.64 Å². The molecule has 4 rings (SSSR count). The molecule has 0 saturated carbocycles. The summed E-state index contributed by atoms with van der Waals surface area (Å²) in [6.07, 6.45) is 0. The van der Waals surface area contributed by atoms with E-state index in [0.717, 1.165) is 16.7 Å². The lowest BCUT2D eigenvalue weighted by atomic mass is 9.94. The van der Waals surface area contributed by atoms with Gasteiger partial charge in [-0.1, -0.05) is 42.5 Å². The van der Waals surface area contributed by atoms with Crippen molar-refractivity contribution in [3.8, 4) is 5.75 Å². The van der Waals surface area contributed by atoms with Crippen LogP contribution in [0.3, 0.4) is 0 Å². The first-order valence-electron chi connectivity index (χ1n) is 10.6. The summed E-state index contributed by atoms with van der Waals surface area (Å²) >= 11 is 0. The van der Waals surface area contributed by atoms with Crippen LogP contribution in [0, 0.1) is 13.8 Å². The molecular weight excluding hydrogens is 402 g/mol. The Labute approximate surface area is 187 Å². The summed E-state index contributed by atoms with van der Waals surface area (Å²) in [4.78, 5) is 27.8. The molecule has 1 heterocycles. The number of Topliss-reactive ketones (excluding diaryl/α,β-unsaturated/α-hetero) is 1. The van der Waals surface area contributed by atoms with Gasteiger partial charge in [-0.3, -0.25) is 14.5 Å². The average molecular weight is 428 g/mol. The number of carbonyl (C=O) groups is 2. The van der Waals surface area contributed by atoms with Crippen LogP contribution in [0.15, 0.2) is 78.4 Å². The second-order valence-electron chi connectivity index (χ2n) is 7.83. The van der Waals surface area contributed by atoms with Gasteiger partial charge in [-0.2, -0.15) is 0 Å². The van der Waals surface area contributed by atoms with Crippen molar-refractivity contribution in [3.05, 3.63) is 101 Å². The number of ketones is 1. The van der Waals surface area contributed by atoms with Crippen molar-refractivity contribution in [3.63, 3.8) is 0 Å². The number of aliphatic hydroxyl groups is 1. The molecule has 1 fully saturated rings. The second kappa shape index (κ2) is 8.71. The van der Waals surface area contributed by atoms with Gasteiger partial charge in [-0.05, 0) is 67.8 Å². The fourth-order valence-corrected chi connectivity index (χ4v) is 4.10. The van der Waals surface area contributed by atoms with Gasteiger partial charge >= 0.3 is 0 Å². The predicted octanol–water partition coefficient (Wildman–Crippen LogP) is 5.33. The highest BCUT2D eigenvalue weighted by Gasteiger charge is 2.46. The van der Waals surface area contributed by atoms with Gasteiger partial charge < -0.3 is 9.84 Å². The summed E-state index contributed by atoms with van der Waals surface area (Å²) in [5, 5.41) is 11.2. The Morgan fingerprint density at radius 3 is 2.38 bits per heavy atom. The molecule has 1 aliphatic rings. The Bertz CT molecular complexity index is 1210. The number of carbonyl (C=O) groups excluding carboxylic acids is 2. The van der Waals surface area contributed by atoms with Gasteiger partial charge in [0.1, 0.15) is 11.5 Å². The molecule has 1 atom stereocenters. The van der Waals surface area contributed by atoms with Gasteiger partial charge in [0.05, 0.1) is 18.2 Å². The quantitative estimate of drug-likeness (QED) is 0.340. The third kappa shape index (κ3) is 3.78. The maximum Gasteiger partial charge on any atom is 0.300 e. The van der Waals surface area contributed by atoms with Crippen LogP contribution in [-0.2, 0) is 9.59 Å². The number of hydrogen-bond acceptors (Lipinski definition) is 4. The Kier molecular flexibility index (Phi) is 5.82. The Hall–Kier alpha value is -3.86. The van der Waals surface area contributed by atoms with Gasteiger partial charge in [-0.15, -0.1) is 0 Å². The van der Waals surface area contributed by atoms with Crippen LogP contribution in [0.4, 0.5) is 5.69 Å². The van der Waals surface area contributed by atoms with Gasteiger partial charge in [-0.25, -0.2) is 0 Å². The van der Waals surface area contributed by atoms with Gasteiger partial charge in [0, 0.05) is 11.3 Å². The highest BCUT2D eigenvalue weighted by molar-refractivity contribution is 6.51.